The van der Waals surface area contributed by atoms with Crippen molar-refractivity contribution >= 4 is 11.8 Å². The number of carbonyl (C=O) groups is 2. The van der Waals surface area contributed by atoms with Crippen LogP contribution in [0.25, 0.3) is 0 Å². The summed E-state index contributed by atoms with van der Waals surface area (Å²) in [7, 11) is 6.46. The SMILES string of the molecule is COc1ccc(C(OC(c2ccc(OC)cc2)(c2ccc(OC)cc2)c2cccc(C(=O)NC(C)c3ncc[nH]3)c2)(c2ccc(OC)cc2)c2cccc(C(=O)NC(C)c3ncc[nH]3)c2)cc1. The molecular formula is C54H52N6O7. The Labute approximate surface area is 389 Å². The fourth-order valence-corrected chi connectivity index (χ4v) is 8.37. The first-order valence-electron chi connectivity index (χ1n) is 21.7. The number of nitrogens with one attached hydrogen (secondary N) is 4. The molecule has 0 fully saturated rings. The molecule has 2 unspecified atom stereocenters. The standard InChI is InChI=1S/C54H52N6O7/c1-35(49-55-29-30-56-49)59-51(61)37-9-7-11-43(33-37)53(39-13-21-45(63-3)22-14-39,40-15-23-46(64-4)24-16-40)67-54(41-17-25-47(65-5)26-18-41,42-19-27-48(66-6)28-20-42)44-12-8-10-38(34-44)52(62)60-36(2)50-57-31-32-58-50/h7-36H,1-6H3,(H,55,56)(H,57,58)(H,59,61)(H,60,62). The molecule has 13 heteroatoms. The molecule has 4 N–H and O–H groups in total. The summed E-state index contributed by atoms with van der Waals surface area (Å²) in [5, 5.41) is 6.20. The number of benzene rings is 6. The van der Waals surface area contributed by atoms with Gasteiger partial charge in [-0.25, -0.2) is 9.97 Å². The van der Waals surface area contributed by atoms with Gasteiger partial charge in [0.2, 0.25) is 0 Å². The van der Waals surface area contributed by atoms with Crippen molar-refractivity contribution in [1.82, 2.24) is 30.6 Å². The first kappa shape index (κ1) is 45.4. The minimum atomic E-state index is -1.55. The third-order valence-electron chi connectivity index (χ3n) is 11.9. The summed E-state index contributed by atoms with van der Waals surface area (Å²) in [5.41, 5.74) is 1.72. The van der Waals surface area contributed by atoms with Gasteiger partial charge in [0.25, 0.3) is 11.8 Å². The average Bonchev–Trinajstić information content (AvgIpc) is 4.14. The van der Waals surface area contributed by atoms with Gasteiger partial charge in [-0.1, -0.05) is 72.8 Å². The van der Waals surface area contributed by atoms with Gasteiger partial charge in [0, 0.05) is 35.9 Å². The normalized spacial score (nSPS) is 12.4. The Morgan fingerprint density at radius 1 is 0.463 bits per heavy atom. The van der Waals surface area contributed by atoms with Crippen LogP contribution < -0.4 is 29.6 Å². The maximum atomic E-state index is 14.3. The lowest BCUT2D eigenvalue weighted by atomic mass is 9.74. The van der Waals surface area contributed by atoms with Crippen molar-refractivity contribution < 1.29 is 33.3 Å². The van der Waals surface area contributed by atoms with Crippen molar-refractivity contribution in [3.8, 4) is 23.0 Å². The van der Waals surface area contributed by atoms with E-state index in [9.17, 15) is 9.59 Å². The van der Waals surface area contributed by atoms with Crippen LogP contribution in [0.3, 0.4) is 0 Å². The van der Waals surface area contributed by atoms with Crippen molar-refractivity contribution in [3.63, 3.8) is 0 Å². The van der Waals surface area contributed by atoms with E-state index in [-0.39, 0.29) is 11.8 Å². The number of hydrogen-bond donors (Lipinski definition) is 4. The van der Waals surface area contributed by atoms with Gasteiger partial charge in [-0.15, -0.1) is 0 Å². The number of carbonyl (C=O) groups excluding carboxylic acids is 2. The van der Waals surface area contributed by atoms with Crippen LogP contribution in [0.4, 0.5) is 0 Å². The minimum absolute atomic E-state index is 0.317. The van der Waals surface area contributed by atoms with Crippen LogP contribution in [0, 0.1) is 0 Å². The van der Waals surface area contributed by atoms with Crippen LogP contribution in [-0.4, -0.2) is 60.2 Å². The summed E-state index contributed by atoms with van der Waals surface area (Å²) in [5.74, 6) is 3.13. The minimum Gasteiger partial charge on any atom is -0.497 e. The molecule has 2 atom stereocenters. The molecule has 2 amide bonds. The summed E-state index contributed by atoms with van der Waals surface area (Å²) in [4.78, 5) is 43.5. The Bertz CT molecular complexity index is 2590. The van der Waals surface area contributed by atoms with Gasteiger partial charge in [-0.3, -0.25) is 9.59 Å². The summed E-state index contributed by atoms with van der Waals surface area (Å²) >= 11 is 0. The van der Waals surface area contributed by atoms with E-state index in [4.69, 9.17) is 23.7 Å². The molecule has 2 aromatic heterocycles. The number of rotatable bonds is 18. The van der Waals surface area contributed by atoms with Gasteiger partial charge in [-0.2, -0.15) is 0 Å². The van der Waals surface area contributed by atoms with Crippen molar-refractivity contribution in [3.05, 3.63) is 227 Å². The van der Waals surface area contributed by atoms with E-state index >= 15 is 0 Å². The largest absolute Gasteiger partial charge is 0.497 e. The van der Waals surface area contributed by atoms with Gasteiger partial charge < -0.3 is 44.3 Å². The highest BCUT2D eigenvalue weighted by atomic mass is 16.5. The lowest BCUT2D eigenvalue weighted by molar-refractivity contribution is -0.0811. The van der Waals surface area contributed by atoms with Crippen molar-refractivity contribution in [2.75, 3.05) is 28.4 Å². The number of imidazole rings is 2. The Hall–Kier alpha value is -8.16. The van der Waals surface area contributed by atoms with Gasteiger partial charge in [0.05, 0.1) is 40.5 Å². The quantitative estimate of drug-likeness (QED) is 0.0615. The average molecular weight is 897 g/mol. The van der Waals surface area contributed by atoms with Gasteiger partial charge >= 0.3 is 0 Å². The smallest absolute Gasteiger partial charge is 0.251 e. The number of methoxy groups -OCH3 is 4. The van der Waals surface area contributed by atoms with E-state index in [1.807, 2.05) is 147 Å². The molecule has 13 nitrogen and oxygen atoms in total. The highest BCUT2D eigenvalue weighted by molar-refractivity contribution is 5.95. The molecule has 67 heavy (non-hydrogen) atoms. The molecule has 2 heterocycles. The van der Waals surface area contributed by atoms with Gasteiger partial charge in [-0.05, 0) is 120 Å². The predicted octanol–water partition coefficient (Wildman–Crippen LogP) is 9.45. The second kappa shape index (κ2) is 19.9. The van der Waals surface area contributed by atoms with E-state index in [0.29, 0.717) is 79.2 Å². The second-order valence-electron chi connectivity index (χ2n) is 15.9. The predicted molar refractivity (Wildman–Crippen MR) is 255 cm³/mol. The Morgan fingerprint density at radius 2 is 0.776 bits per heavy atom. The summed E-state index contributed by atoms with van der Waals surface area (Å²) in [6.07, 6.45) is 6.73. The van der Waals surface area contributed by atoms with Gasteiger partial charge in [0.15, 0.2) is 0 Å². The summed E-state index contributed by atoms with van der Waals surface area (Å²) < 4.78 is 31.1. The van der Waals surface area contributed by atoms with Crippen molar-refractivity contribution in [2.45, 2.75) is 37.1 Å². The first-order valence-corrected chi connectivity index (χ1v) is 21.7. The Balaban J connectivity index is 1.43. The summed E-state index contributed by atoms with van der Waals surface area (Å²) in [6.45, 7) is 3.74. The van der Waals surface area contributed by atoms with E-state index in [1.165, 1.54) is 0 Å². The zero-order valence-electron chi connectivity index (χ0n) is 38.1. The number of hydrogen-bond acceptors (Lipinski definition) is 9. The zero-order chi connectivity index (χ0) is 47.0. The maximum Gasteiger partial charge on any atom is 0.251 e. The molecule has 0 radical (unpaired) electrons. The lowest BCUT2D eigenvalue weighted by Crippen LogP contribution is -2.45. The Kier molecular flexibility index (Phi) is 13.5. The molecule has 0 spiro atoms. The number of ether oxygens (including phenoxy) is 5. The van der Waals surface area contributed by atoms with E-state index in [0.717, 1.165) is 0 Å². The van der Waals surface area contributed by atoms with Gasteiger partial charge in [0.1, 0.15) is 45.8 Å². The fourth-order valence-electron chi connectivity index (χ4n) is 8.37. The molecule has 0 saturated carbocycles. The maximum absolute atomic E-state index is 14.3. The number of H-pyrrole nitrogens is 2. The topological polar surface area (TPSA) is 162 Å². The highest BCUT2D eigenvalue weighted by Crippen LogP contribution is 2.52. The first-order chi connectivity index (χ1) is 32.6. The second-order valence-corrected chi connectivity index (χ2v) is 15.9. The van der Waals surface area contributed by atoms with Crippen LogP contribution >= 0.6 is 0 Å². The zero-order valence-corrected chi connectivity index (χ0v) is 38.1. The molecule has 0 bridgehead atoms. The molecule has 6 aromatic carbocycles. The molecule has 8 aromatic rings. The van der Waals surface area contributed by atoms with E-state index in [2.05, 4.69) is 30.6 Å². The van der Waals surface area contributed by atoms with E-state index in [1.54, 1.807) is 65.4 Å². The molecular weight excluding hydrogens is 845 g/mol. The number of aromatic nitrogens is 4. The van der Waals surface area contributed by atoms with Crippen molar-refractivity contribution in [1.29, 1.82) is 0 Å². The lowest BCUT2D eigenvalue weighted by Gasteiger charge is -2.46. The van der Waals surface area contributed by atoms with Crippen LogP contribution in [0.1, 0.15) is 91.7 Å². The van der Waals surface area contributed by atoms with Crippen LogP contribution in [0.2, 0.25) is 0 Å². The van der Waals surface area contributed by atoms with Crippen molar-refractivity contribution in [2.24, 2.45) is 0 Å². The molecule has 0 aliphatic rings. The number of amides is 2. The summed E-state index contributed by atoms with van der Waals surface area (Å²) in [6, 6.07) is 44.7. The molecule has 340 valence electrons. The van der Waals surface area contributed by atoms with E-state index < -0.39 is 23.3 Å². The third-order valence-corrected chi connectivity index (χ3v) is 11.9. The number of aromatic amines is 2. The van der Waals surface area contributed by atoms with Crippen LogP contribution in [0.5, 0.6) is 23.0 Å². The van der Waals surface area contributed by atoms with Crippen LogP contribution in [-0.2, 0) is 15.9 Å². The number of nitrogens with zero attached hydrogens (tertiary/aromatic N) is 2. The monoisotopic (exact) mass is 896 g/mol. The molecule has 0 aliphatic carbocycles. The molecule has 0 saturated heterocycles. The molecule has 0 aliphatic heterocycles. The Morgan fingerprint density at radius 3 is 1.04 bits per heavy atom. The van der Waals surface area contributed by atoms with Crippen LogP contribution in [0.15, 0.2) is 170 Å². The third kappa shape index (κ3) is 9.22. The highest BCUT2D eigenvalue weighted by Gasteiger charge is 2.49. The fraction of sp³-hybridized carbons (Fsp3) is 0.185. The molecule has 8 rings (SSSR count).